The van der Waals surface area contributed by atoms with Gasteiger partial charge in [0.25, 0.3) is 0 Å². The predicted octanol–water partition coefficient (Wildman–Crippen LogP) is 4.64. The molecule has 2 atom stereocenters. The molecule has 216 valence electrons. The van der Waals surface area contributed by atoms with Gasteiger partial charge in [0.1, 0.15) is 11.7 Å². The number of aromatic nitrogens is 4. The summed E-state index contributed by atoms with van der Waals surface area (Å²) in [6, 6.07) is 7.73. The Morgan fingerprint density at radius 1 is 1.27 bits per heavy atom. The van der Waals surface area contributed by atoms with Gasteiger partial charge in [-0.3, -0.25) is 18.9 Å². The molecule has 1 saturated heterocycles. The Kier molecular flexibility index (Phi) is 8.01. The molecule has 0 saturated carbocycles. The lowest BCUT2D eigenvalue weighted by molar-refractivity contribution is -0.158. The van der Waals surface area contributed by atoms with Crippen LogP contribution >= 0.6 is 10.8 Å². The van der Waals surface area contributed by atoms with Gasteiger partial charge < -0.3 is 14.6 Å². The van der Waals surface area contributed by atoms with Gasteiger partial charge in [-0.05, 0) is 61.4 Å². The number of benzene rings is 1. The molecule has 2 aliphatic heterocycles. The topological polar surface area (TPSA) is 143 Å². The number of carboxylic acids is 1. The van der Waals surface area contributed by atoms with Crippen molar-refractivity contribution < 1.29 is 28.5 Å². The molecule has 2 aliphatic rings. The molecule has 2 aromatic heterocycles. The lowest BCUT2D eigenvalue weighted by Crippen LogP contribution is -2.33. The van der Waals surface area contributed by atoms with Gasteiger partial charge >= 0.3 is 5.97 Å². The highest BCUT2D eigenvalue weighted by Gasteiger charge is 2.40. The van der Waals surface area contributed by atoms with Gasteiger partial charge in [0.2, 0.25) is 0 Å². The van der Waals surface area contributed by atoms with Gasteiger partial charge in [-0.25, -0.2) is 4.68 Å². The monoisotopic (exact) mass is 571 g/mol. The number of rotatable bonds is 9. The summed E-state index contributed by atoms with van der Waals surface area (Å²) < 4.78 is 37.7. The molecular formula is C28H37N5O6S. The number of hydrogen-bond donors (Lipinski definition) is 3. The zero-order chi connectivity index (χ0) is 28.7. The van der Waals surface area contributed by atoms with E-state index >= 15 is 0 Å². The van der Waals surface area contributed by atoms with Crippen LogP contribution in [0.1, 0.15) is 60.9 Å². The maximum Gasteiger partial charge on any atom is 0.312 e. The summed E-state index contributed by atoms with van der Waals surface area (Å²) in [5.41, 5.74) is 2.76. The van der Waals surface area contributed by atoms with Crippen LogP contribution in [-0.4, -0.2) is 64.2 Å². The van der Waals surface area contributed by atoms with Gasteiger partial charge in [0, 0.05) is 19.3 Å². The number of aryl methyl sites for hydroxylation is 1. The molecule has 0 spiro atoms. The number of hydrogen-bond acceptors (Lipinski definition) is 9. The van der Waals surface area contributed by atoms with Crippen LogP contribution in [0.5, 0.6) is 0 Å². The lowest BCUT2D eigenvalue weighted by Gasteiger charge is -2.43. The van der Waals surface area contributed by atoms with Crippen molar-refractivity contribution >= 4 is 16.7 Å². The van der Waals surface area contributed by atoms with Crippen LogP contribution in [0.4, 0.5) is 0 Å². The van der Waals surface area contributed by atoms with E-state index in [2.05, 4.69) is 22.2 Å². The molecule has 0 aliphatic carbocycles. The highest BCUT2D eigenvalue weighted by molar-refractivity contribution is 8.22. The van der Waals surface area contributed by atoms with Crippen LogP contribution in [0, 0.1) is 18.3 Å². The molecule has 4 heterocycles. The summed E-state index contributed by atoms with van der Waals surface area (Å²) in [6.45, 7) is 9.36. The first kappa shape index (κ1) is 28.7. The Bertz CT molecular complexity index is 1370. The normalized spacial score (nSPS) is 21.2. The number of nitrogens with zero attached hydrogens (tertiary/aromatic N) is 5. The molecule has 3 aromatic rings. The molecule has 0 amide bonds. The van der Waals surface area contributed by atoms with Crippen molar-refractivity contribution in [2.45, 2.75) is 64.3 Å². The lowest BCUT2D eigenvalue weighted by atomic mass is 9.81. The molecule has 40 heavy (non-hydrogen) atoms. The van der Waals surface area contributed by atoms with E-state index in [1.165, 1.54) is 0 Å². The molecule has 11 nitrogen and oxygen atoms in total. The molecule has 12 heteroatoms. The number of fused-ring (bicyclic) bond motifs is 1. The molecule has 0 radical (unpaired) electrons. The highest BCUT2D eigenvalue weighted by Crippen LogP contribution is 2.55. The number of pyridine rings is 1. The SMILES string of the molecule is Cc1ccc([C@H](OCc2cn(C3COC3)nn2)C(C)(C)C(=O)O)cc1CN1C[C@@H](C)Cc2ccncc2S1(O)O. The Labute approximate surface area is 235 Å². The van der Waals surface area contributed by atoms with Gasteiger partial charge in [-0.15, -0.1) is 15.9 Å². The van der Waals surface area contributed by atoms with Gasteiger partial charge in [-0.2, -0.15) is 4.31 Å². The summed E-state index contributed by atoms with van der Waals surface area (Å²) in [5.74, 6) is -0.797. The Morgan fingerprint density at radius 3 is 2.75 bits per heavy atom. The van der Waals surface area contributed by atoms with Gasteiger partial charge in [-0.1, -0.05) is 30.3 Å². The van der Waals surface area contributed by atoms with Crippen molar-refractivity contribution in [2.75, 3.05) is 19.8 Å². The maximum absolute atomic E-state index is 12.3. The quantitative estimate of drug-likeness (QED) is 0.332. The highest BCUT2D eigenvalue weighted by atomic mass is 32.3. The molecule has 1 fully saturated rings. The summed E-state index contributed by atoms with van der Waals surface area (Å²) in [6.07, 6.45) is 4.96. The first-order chi connectivity index (χ1) is 19.0. The van der Waals surface area contributed by atoms with Crippen molar-refractivity contribution in [1.29, 1.82) is 0 Å². The second-order valence-corrected chi connectivity index (χ2v) is 13.4. The average Bonchev–Trinajstić information content (AvgIpc) is 3.28. The van der Waals surface area contributed by atoms with Gasteiger partial charge in [0.15, 0.2) is 0 Å². The van der Waals surface area contributed by atoms with Crippen LogP contribution < -0.4 is 0 Å². The van der Waals surface area contributed by atoms with E-state index in [1.807, 2.05) is 31.2 Å². The van der Waals surface area contributed by atoms with Crippen molar-refractivity contribution in [3.63, 3.8) is 0 Å². The summed E-state index contributed by atoms with van der Waals surface area (Å²) in [7, 11) is -3.27. The minimum absolute atomic E-state index is 0.0894. The molecule has 3 N–H and O–H groups in total. The summed E-state index contributed by atoms with van der Waals surface area (Å²) in [5, 5.41) is 18.4. The zero-order valence-electron chi connectivity index (χ0n) is 23.2. The average molecular weight is 572 g/mol. The molecule has 0 unspecified atom stereocenters. The first-order valence-electron chi connectivity index (χ1n) is 13.4. The fourth-order valence-corrected chi connectivity index (χ4v) is 6.93. The van der Waals surface area contributed by atoms with E-state index in [1.54, 1.807) is 41.4 Å². The molecule has 1 aromatic carbocycles. The zero-order valence-corrected chi connectivity index (χ0v) is 24.0. The molecule has 5 rings (SSSR count). The van der Waals surface area contributed by atoms with E-state index in [9.17, 15) is 19.0 Å². The molecular weight excluding hydrogens is 534 g/mol. The van der Waals surface area contributed by atoms with Crippen LogP contribution in [0.25, 0.3) is 0 Å². The van der Waals surface area contributed by atoms with Crippen molar-refractivity contribution in [2.24, 2.45) is 11.3 Å². The van der Waals surface area contributed by atoms with E-state index in [0.717, 1.165) is 23.1 Å². The first-order valence-corrected chi connectivity index (χ1v) is 14.9. The Hall–Kier alpha value is -2.87. The summed E-state index contributed by atoms with van der Waals surface area (Å²) in [4.78, 5) is 16.9. The number of aliphatic carboxylic acids is 1. The van der Waals surface area contributed by atoms with Crippen molar-refractivity contribution in [1.82, 2.24) is 24.3 Å². The smallest absolute Gasteiger partial charge is 0.312 e. The van der Waals surface area contributed by atoms with Crippen LogP contribution in [0.15, 0.2) is 47.8 Å². The van der Waals surface area contributed by atoms with Crippen LogP contribution in [0.2, 0.25) is 0 Å². The number of ether oxygens (including phenoxy) is 2. The molecule has 0 bridgehead atoms. The van der Waals surface area contributed by atoms with Gasteiger partial charge in [0.05, 0.1) is 48.6 Å². The standard InChI is InChI=1S/C28H37N5O6S/c1-18-9-20-7-8-29-11-25(20)40(36,37)32(12-18)13-22-10-21(6-5-19(22)2)26(28(3,4)27(34)35)39-15-23-14-33(31-30-23)24-16-38-17-24/h5-8,10-11,14,18,24,26,36-37H,9,12-13,15-17H2,1-4H3,(H,34,35)/t18-,26-/m0/s1. The second-order valence-electron chi connectivity index (χ2n) is 11.4. The minimum atomic E-state index is -3.27. The van der Waals surface area contributed by atoms with Crippen LogP contribution in [0.3, 0.4) is 0 Å². The summed E-state index contributed by atoms with van der Waals surface area (Å²) >= 11 is 0. The third-order valence-electron chi connectivity index (χ3n) is 7.79. The van der Waals surface area contributed by atoms with Crippen molar-refractivity contribution in [3.8, 4) is 0 Å². The van der Waals surface area contributed by atoms with E-state index in [0.29, 0.717) is 35.9 Å². The fourth-order valence-electron chi connectivity index (χ4n) is 5.16. The number of carboxylic acid groups (broad SMARTS) is 1. The second kappa shape index (κ2) is 11.2. The van der Waals surface area contributed by atoms with E-state index in [4.69, 9.17) is 9.47 Å². The predicted molar refractivity (Wildman–Crippen MR) is 149 cm³/mol. The number of carbonyl (C=O) groups is 1. The van der Waals surface area contributed by atoms with Crippen LogP contribution in [-0.2, 0) is 33.8 Å². The third kappa shape index (κ3) is 5.65. The fraction of sp³-hybridized carbons (Fsp3) is 0.500. The minimum Gasteiger partial charge on any atom is -0.481 e. The van der Waals surface area contributed by atoms with E-state index in [-0.39, 0.29) is 25.1 Å². The Balaban J connectivity index is 1.42. The van der Waals surface area contributed by atoms with E-state index < -0.39 is 28.3 Å². The Morgan fingerprint density at radius 2 is 2.05 bits per heavy atom. The third-order valence-corrected chi connectivity index (χ3v) is 9.74. The van der Waals surface area contributed by atoms with Crippen molar-refractivity contribution in [3.05, 3.63) is 70.8 Å². The largest absolute Gasteiger partial charge is 0.481 e. The maximum atomic E-state index is 12.3.